The molecule has 7 nitrogen and oxygen atoms in total. The van der Waals surface area contributed by atoms with E-state index in [-0.39, 0.29) is 25.0 Å². The maximum absolute atomic E-state index is 12.1. The van der Waals surface area contributed by atoms with Crippen LogP contribution in [0.15, 0.2) is 24.3 Å². The maximum atomic E-state index is 12.1. The molecule has 1 aliphatic heterocycles. The number of fused-ring (bicyclic) bond motifs is 1. The highest BCUT2D eigenvalue weighted by Crippen LogP contribution is 2.21. The normalized spacial score (nSPS) is 14.6. The first kappa shape index (κ1) is 17.3. The smallest absolute Gasteiger partial charge is 0.407 e. The van der Waals surface area contributed by atoms with Crippen LogP contribution in [0.25, 0.3) is 0 Å². The van der Waals surface area contributed by atoms with Crippen LogP contribution >= 0.6 is 0 Å². The first-order valence-corrected chi connectivity index (χ1v) is 8.89. The van der Waals surface area contributed by atoms with E-state index in [9.17, 15) is 18.9 Å². The molecule has 0 radical (unpaired) electrons. The maximum Gasteiger partial charge on any atom is 0.407 e. The Balaban J connectivity index is 1.72. The molecular formula is C15H18N2O5S. The number of rotatable bonds is 7. The van der Waals surface area contributed by atoms with Gasteiger partial charge >= 0.3 is 6.09 Å². The van der Waals surface area contributed by atoms with Gasteiger partial charge in [0.2, 0.25) is 0 Å². The zero-order valence-electron chi connectivity index (χ0n) is 12.7. The predicted molar refractivity (Wildman–Crippen MR) is 84.7 cm³/mol. The van der Waals surface area contributed by atoms with Crippen molar-refractivity contribution in [2.24, 2.45) is 0 Å². The monoisotopic (exact) mass is 338 g/mol. The van der Waals surface area contributed by atoms with Crippen molar-refractivity contribution >= 4 is 29.1 Å². The number of ether oxygens (including phenoxy) is 1. The first-order chi connectivity index (χ1) is 11.0. The highest BCUT2D eigenvalue weighted by Gasteiger charge is 2.34. The molecule has 1 aromatic carbocycles. The minimum atomic E-state index is -0.889. The number of carbonyl (C=O) groups is 3. The highest BCUT2D eigenvalue weighted by atomic mass is 32.2. The van der Waals surface area contributed by atoms with Gasteiger partial charge in [-0.15, -0.1) is 0 Å². The lowest BCUT2D eigenvalue weighted by Gasteiger charge is -2.14. The Morgan fingerprint density at radius 1 is 1.26 bits per heavy atom. The van der Waals surface area contributed by atoms with Crippen LogP contribution in [-0.4, -0.2) is 59.1 Å². The van der Waals surface area contributed by atoms with Gasteiger partial charge in [-0.25, -0.2) is 4.79 Å². The molecular weight excluding hydrogens is 320 g/mol. The summed E-state index contributed by atoms with van der Waals surface area (Å²) in [5.74, 6) is -0.241. The van der Waals surface area contributed by atoms with Gasteiger partial charge in [0.25, 0.3) is 11.8 Å². The van der Waals surface area contributed by atoms with E-state index in [1.165, 1.54) is 0 Å². The number of hydrogen-bond acceptors (Lipinski definition) is 5. The predicted octanol–water partition coefficient (Wildman–Crippen LogP) is 0.777. The summed E-state index contributed by atoms with van der Waals surface area (Å²) >= 11 is -0.889. The van der Waals surface area contributed by atoms with Gasteiger partial charge in [0.15, 0.2) is 0 Å². The Morgan fingerprint density at radius 3 is 2.43 bits per heavy atom. The average molecular weight is 338 g/mol. The van der Waals surface area contributed by atoms with Crippen molar-refractivity contribution in [3.63, 3.8) is 0 Å². The van der Waals surface area contributed by atoms with Crippen LogP contribution in [0.1, 0.15) is 27.1 Å². The van der Waals surface area contributed by atoms with E-state index in [0.29, 0.717) is 29.8 Å². The minimum Gasteiger partial charge on any atom is -0.617 e. The second kappa shape index (κ2) is 7.98. The van der Waals surface area contributed by atoms with Gasteiger partial charge in [0.05, 0.1) is 23.9 Å². The third kappa shape index (κ3) is 4.46. The molecule has 124 valence electrons. The van der Waals surface area contributed by atoms with Crippen molar-refractivity contribution in [1.29, 1.82) is 0 Å². The lowest BCUT2D eigenvalue weighted by Crippen LogP contribution is -2.35. The number of hydrogen-bond donors (Lipinski definition) is 1. The number of carbonyl (C=O) groups excluding carboxylic acids is 3. The largest absolute Gasteiger partial charge is 0.617 e. The van der Waals surface area contributed by atoms with E-state index in [1.54, 1.807) is 30.5 Å². The van der Waals surface area contributed by atoms with Crippen molar-refractivity contribution in [3.8, 4) is 0 Å². The molecule has 0 spiro atoms. The van der Waals surface area contributed by atoms with Crippen LogP contribution in [0.3, 0.4) is 0 Å². The van der Waals surface area contributed by atoms with E-state index in [2.05, 4.69) is 5.32 Å². The fraction of sp³-hybridized carbons (Fsp3) is 0.400. The molecule has 23 heavy (non-hydrogen) atoms. The number of imide groups is 1. The lowest BCUT2D eigenvalue weighted by molar-refractivity contribution is 0.0604. The minimum absolute atomic E-state index is 0.0126. The van der Waals surface area contributed by atoms with Crippen LogP contribution in [0.4, 0.5) is 4.79 Å². The van der Waals surface area contributed by atoms with Crippen molar-refractivity contribution in [2.75, 3.05) is 31.7 Å². The number of benzene rings is 1. The molecule has 0 fully saturated rings. The van der Waals surface area contributed by atoms with E-state index in [1.807, 2.05) is 0 Å². The molecule has 1 unspecified atom stereocenters. The number of nitrogens with one attached hydrogen (secondary N) is 1. The Morgan fingerprint density at radius 2 is 1.87 bits per heavy atom. The van der Waals surface area contributed by atoms with Gasteiger partial charge in [-0.2, -0.15) is 0 Å². The molecule has 1 aliphatic rings. The molecule has 0 bridgehead atoms. The van der Waals surface area contributed by atoms with Gasteiger partial charge < -0.3 is 14.6 Å². The summed E-state index contributed by atoms with van der Waals surface area (Å²) in [5, 5.41) is 2.52. The standard InChI is InChI=1S/C15H18N2O5S/c1-23(21)10-4-7-16-15(20)22-9-8-17-13(18)11-5-2-3-6-12(11)14(17)19/h2-3,5-6H,4,7-10H2,1H3,(H,16,20). The van der Waals surface area contributed by atoms with Crippen molar-refractivity contribution in [3.05, 3.63) is 35.4 Å². The molecule has 2 rings (SSSR count). The number of amides is 3. The summed E-state index contributed by atoms with van der Waals surface area (Å²) in [7, 11) is 0. The third-order valence-electron chi connectivity index (χ3n) is 3.30. The number of alkyl carbamates (subject to hydrolysis) is 1. The van der Waals surface area contributed by atoms with Crippen molar-refractivity contribution < 1.29 is 23.7 Å². The summed E-state index contributed by atoms with van der Waals surface area (Å²) in [6.07, 6.45) is 1.57. The molecule has 0 aromatic heterocycles. The molecule has 1 heterocycles. The average Bonchev–Trinajstić information content (AvgIpc) is 2.77. The van der Waals surface area contributed by atoms with E-state index in [4.69, 9.17) is 4.74 Å². The van der Waals surface area contributed by atoms with Crippen LogP contribution in [0.5, 0.6) is 0 Å². The van der Waals surface area contributed by atoms with E-state index in [0.717, 1.165) is 4.90 Å². The van der Waals surface area contributed by atoms with Gasteiger partial charge in [0, 0.05) is 13.0 Å². The van der Waals surface area contributed by atoms with Gasteiger partial charge in [0.1, 0.15) is 12.4 Å². The SMILES string of the molecule is C[S+]([O-])CCCNC(=O)OCCN1C(=O)c2ccccc2C1=O. The molecule has 8 heteroatoms. The van der Waals surface area contributed by atoms with Crippen LogP contribution in [0, 0.1) is 0 Å². The Hall–Kier alpha value is -2.06. The summed E-state index contributed by atoms with van der Waals surface area (Å²) in [6.45, 7) is 0.307. The van der Waals surface area contributed by atoms with E-state index < -0.39 is 17.3 Å². The molecule has 1 aromatic rings. The quantitative estimate of drug-likeness (QED) is 0.450. The fourth-order valence-electron chi connectivity index (χ4n) is 2.19. The summed E-state index contributed by atoms with van der Waals surface area (Å²) < 4.78 is 15.8. The lowest BCUT2D eigenvalue weighted by atomic mass is 10.1. The summed E-state index contributed by atoms with van der Waals surface area (Å²) in [4.78, 5) is 36.7. The third-order valence-corrected chi connectivity index (χ3v) is 4.17. The molecule has 3 amide bonds. The second-order valence-corrected chi connectivity index (χ2v) is 6.56. The van der Waals surface area contributed by atoms with Gasteiger partial charge in [-0.3, -0.25) is 14.5 Å². The van der Waals surface area contributed by atoms with Gasteiger partial charge in [-0.05, 0) is 12.1 Å². The molecule has 0 saturated carbocycles. The van der Waals surface area contributed by atoms with Crippen LogP contribution in [0.2, 0.25) is 0 Å². The topological polar surface area (TPSA) is 98.8 Å². The summed E-state index contributed by atoms with van der Waals surface area (Å²) in [5.41, 5.74) is 0.740. The summed E-state index contributed by atoms with van der Waals surface area (Å²) in [6, 6.07) is 6.59. The second-order valence-electron chi connectivity index (χ2n) is 5.00. The molecule has 1 N–H and O–H groups in total. The van der Waals surface area contributed by atoms with E-state index >= 15 is 0 Å². The highest BCUT2D eigenvalue weighted by molar-refractivity contribution is 7.90. The zero-order valence-corrected chi connectivity index (χ0v) is 13.6. The molecule has 0 saturated heterocycles. The van der Waals surface area contributed by atoms with Crippen LogP contribution < -0.4 is 5.32 Å². The zero-order chi connectivity index (χ0) is 16.8. The van der Waals surface area contributed by atoms with Gasteiger partial charge in [-0.1, -0.05) is 23.3 Å². The first-order valence-electron chi connectivity index (χ1n) is 7.16. The van der Waals surface area contributed by atoms with Crippen LogP contribution in [-0.2, 0) is 15.9 Å². The Labute approximate surface area is 137 Å². The molecule has 1 atom stereocenters. The Kier molecular flexibility index (Phi) is 6.00. The fourth-order valence-corrected chi connectivity index (χ4v) is 2.74. The van der Waals surface area contributed by atoms with Crippen molar-refractivity contribution in [1.82, 2.24) is 10.2 Å². The van der Waals surface area contributed by atoms with Crippen molar-refractivity contribution in [2.45, 2.75) is 6.42 Å². The molecule has 0 aliphatic carbocycles. The Bertz CT molecular complexity index is 570. The number of nitrogens with zero attached hydrogens (tertiary/aromatic N) is 1.